The smallest absolute Gasteiger partial charge is 0.315 e. The standard InChI is InChI=1S/C19H26N4O3/c1-23-17-6-4-5-16(15(17)12-21-23)22-19(24)20-10-9-13-11-14(25-2)7-8-18(13)26-3/h7-8,11-12,16H,4-6,9-10H2,1-3H3,(H2,20,22,24). The van der Waals surface area contributed by atoms with Gasteiger partial charge in [0.25, 0.3) is 0 Å². The number of aromatic nitrogens is 2. The first-order valence-corrected chi connectivity index (χ1v) is 8.88. The van der Waals surface area contributed by atoms with Gasteiger partial charge in [0, 0.05) is 24.8 Å². The Morgan fingerprint density at radius 1 is 1.35 bits per heavy atom. The Morgan fingerprint density at radius 2 is 2.19 bits per heavy atom. The summed E-state index contributed by atoms with van der Waals surface area (Å²) in [7, 11) is 5.22. The SMILES string of the molecule is COc1ccc(OC)c(CCNC(=O)NC2CCCc3c2cnn3C)c1. The van der Waals surface area contributed by atoms with Crippen LogP contribution in [0.2, 0.25) is 0 Å². The largest absolute Gasteiger partial charge is 0.497 e. The predicted molar refractivity (Wildman–Crippen MR) is 98.7 cm³/mol. The van der Waals surface area contributed by atoms with Crippen LogP contribution < -0.4 is 20.1 Å². The summed E-state index contributed by atoms with van der Waals surface area (Å²) in [6.07, 6.45) is 5.53. The molecule has 1 aromatic heterocycles. The minimum atomic E-state index is -0.159. The van der Waals surface area contributed by atoms with E-state index >= 15 is 0 Å². The predicted octanol–water partition coefficient (Wildman–Crippen LogP) is 2.36. The van der Waals surface area contributed by atoms with E-state index < -0.39 is 0 Å². The van der Waals surface area contributed by atoms with Crippen LogP contribution in [-0.4, -0.2) is 36.6 Å². The number of rotatable bonds is 6. The van der Waals surface area contributed by atoms with Crippen LogP contribution in [0, 0.1) is 0 Å². The highest BCUT2D eigenvalue weighted by atomic mass is 16.5. The number of nitrogens with zero attached hydrogens (tertiary/aromatic N) is 2. The Bertz CT molecular complexity index is 772. The van der Waals surface area contributed by atoms with Gasteiger partial charge >= 0.3 is 6.03 Å². The van der Waals surface area contributed by atoms with Crippen LogP contribution in [0.1, 0.15) is 35.7 Å². The van der Waals surface area contributed by atoms with Gasteiger partial charge in [0.1, 0.15) is 11.5 Å². The molecule has 1 aliphatic rings. The molecule has 0 saturated carbocycles. The Kier molecular flexibility index (Phi) is 5.65. The van der Waals surface area contributed by atoms with Crippen LogP contribution >= 0.6 is 0 Å². The fraction of sp³-hybridized carbons (Fsp3) is 0.474. The van der Waals surface area contributed by atoms with Gasteiger partial charge in [-0.15, -0.1) is 0 Å². The van der Waals surface area contributed by atoms with Crippen molar-refractivity contribution in [1.82, 2.24) is 20.4 Å². The summed E-state index contributed by atoms with van der Waals surface area (Å²) >= 11 is 0. The van der Waals surface area contributed by atoms with E-state index in [1.807, 2.05) is 36.1 Å². The molecule has 26 heavy (non-hydrogen) atoms. The van der Waals surface area contributed by atoms with Crippen molar-refractivity contribution in [3.05, 3.63) is 41.2 Å². The van der Waals surface area contributed by atoms with E-state index in [-0.39, 0.29) is 12.1 Å². The van der Waals surface area contributed by atoms with E-state index in [1.165, 1.54) is 5.69 Å². The van der Waals surface area contributed by atoms with E-state index in [4.69, 9.17) is 9.47 Å². The molecular formula is C19H26N4O3. The second kappa shape index (κ2) is 8.12. The number of ether oxygens (including phenoxy) is 2. The quantitative estimate of drug-likeness (QED) is 0.831. The molecule has 0 fully saturated rings. The van der Waals surface area contributed by atoms with Crippen molar-refractivity contribution >= 4 is 6.03 Å². The molecule has 1 aliphatic carbocycles. The van der Waals surface area contributed by atoms with Crippen molar-refractivity contribution in [1.29, 1.82) is 0 Å². The topological polar surface area (TPSA) is 77.4 Å². The second-order valence-corrected chi connectivity index (χ2v) is 6.44. The zero-order valence-electron chi connectivity index (χ0n) is 15.5. The van der Waals surface area contributed by atoms with E-state index in [2.05, 4.69) is 15.7 Å². The third-order valence-electron chi connectivity index (χ3n) is 4.85. The summed E-state index contributed by atoms with van der Waals surface area (Å²) in [5.41, 5.74) is 3.34. The van der Waals surface area contributed by atoms with E-state index in [9.17, 15) is 4.79 Å². The number of methoxy groups -OCH3 is 2. The highest BCUT2D eigenvalue weighted by Gasteiger charge is 2.24. The maximum Gasteiger partial charge on any atom is 0.315 e. The molecule has 7 heteroatoms. The van der Waals surface area contributed by atoms with Gasteiger partial charge in [-0.25, -0.2) is 4.79 Å². The monoisotopic (exact) mass is 358 g/mol. The number of hydrogen-bond acceptors (Lipinski definition) is 4. The Balaban J connectivity index is 1.54. The van der Waals surface area contributed by atoms with Crippen molar-refractivity contribution < 1.29 is 14.3 Å². The normalized spacial score (nSPS) is 15.9. The number of benzene rings is 1. The summed E-state index contributed by atoms with van der Waals surface area (Å²) in [5, 5.41) is 10.3. The molecule has 0 aliphatic heterocycles. The molecule has 2 N–H and O–H groups in total. The minimum absolute atomic E-state index is 0.0267. The molecule has 1 aromatic carbocycles. The minimum Gasteiger partial charge on any atom is -0.497 e. The fourth-order valence-electron chi connectivity index (χ4n) is 3.45. The number of fused-ring (bicyclic) bond motifs is 1. The van der Waals surface area contributed by atoms with Crippen molar-refractivity contribution in [2.45, 2.75) is 31.7 Å². The third-order valence-corrected chi connectivity index (χ3v) is 4.85. The molecule has 140 valence electrons. The number of aryl methyl sites for hydroxylation is 1. The molecule has 0 saturated heterocycles. The lowest BCUT2D eigenvalue weighted by molar-refractivity contribution is 0.235. The van der Waals surface area contributed by atoms with Crippen LogP contribution in [0.25, 0.3) is 0 Å². The summed E-state index contributed by atoms with van der Waals surface area (Å²) in [5.74, 6) is 1.57. The number of nitrogens with one attached hydrogen (secondary N) is 2. The lowest BCUT2D eigenvalue weighted by Gasteiger charge is -2.24. The molecule has 0 spiro atoms. The first kappa shape index (κ1) is 18.1. The molecule has 1 heterocycles. The van der Waals surface area contributed by atoms with Gasteiger partial charge in [0.15, 0.2) is 0 Å². The molecular weight excluding hydrogens is 332 g/mol. The third kappa shape index (κ3) is 3.92. The number of hydrogen-bond donors (Lipinski definition) is 2. The van der Waals surface area contributed by atoms with Gasteiger partial charge in [0.05, 0.1) is 26.5 Å². The molecule has 3 rings (SSSR count). The number of carbonyl (C=O) groups is 1. The fourth-order valence-corrected chi connectivity index (χ4v) is 3.45. The lowest BCUT2D eigenvalue weighted by Crippen LogP contribution is -2.39. The van der Waals surface area contributed by atoms with E-state index in [0.29, 0.717) is 13.0 Å². The Morgan fingerprint density at radius 3 is 2.96 bits per heavy atom. The van der Waals surface area contributed by atoms with Crippen LogP contribution in [-0.2, 0) is 19.9 Å². The van der Waals surface area contributed by atoms with Crippen molar-refractivity contribution in [3.8, 4) is 11.5 Å². The zero-order valence-corrected chi connectivity index (χ0v) is 15.5. The van der Waals surface area contributed by atoms with Gasteiger partial charge < -0.3 is 20.1 Å². The average Bonchev–Trinajstić information content (AvgIpc) is 3.04. The van der Waals surface area contributed by atoms with Crippen LogP contribution in [0.5, 0.6) is 11.5 Å². The summed E-state index contributed by atoms with van der Waals surface area (Å²) in [6.45, 7) is 0.516. The highest BCUT2D eigenvalue weighted by molar-refractivity contribution is 5.74. The van der Waals surface area contributed by atoms with Crippen molar-refractivity contribution in [2.75, 3.05) is 20.8 Å². The lowest BCUT2D eigenvalue weighted by atomic mass is 9.93. The molecule has 0 radical (unpaired) electrons. The van der Waals surface area contributed by atoms with Crippen LogP contribution in [0.15, 0.2) is 24.4 Å². The Labute approximate surface area is 153 Å². The molecule has 0 bridgehead atoms. The van der Waals surface area contributed by atoms with E-state index in [1.54, 1.807) is 14.2 Å². The van der Waals surface area contributed by atoms with Gasteiger partial charge in [-0.05, 0) is 49.4 Å². The van der Waals surface area contributed by atoms with Crippen molar-refractivity contribution in [2.24, 2.45) is 7.05 Å². The first-order valence-electron chi connectivity index (χ1n) is 8.88. The molecule has 2 aromatic rings. The molecule has 7 nitrogen and oxygen atoms in total. The number of carbonyl (C=O) groups excluding carboxylic acids is 1. The second-order valence-electron chi connectivity index (χ2n) is 6.44. The average molecular weight is 358 g/mol. The molecule has 1 atom stereocenters. The maximum atomic E-state index is 12.3. The first-order chi connectivity index (χ1) is 12.6. The van der Waals surface area contributed by atoms with Gasteiger partial charge in [-0.1, -0.05) is 0 Å². The van der Waals surface area contributed by atoms with Crippen LogP contribution in [0.4, 0.5) is 4.79 Å². The van der Waals surface area contributed by atoms with Gasteiger partial charge in [-0.2, -0.15) is 5.10 Å². The zero-order chi connectivity index (χ0) is 18.5. The van der Waals surface area contributed by atoms with Gasteiger partial charge in [-0.3, -0.25) is 4.68 Å². The van der Waals surface area contributed by atoms with E-state index in [0.717, 1.165) is 41.9 Å². The maximum absolute atomic E-state index is 12.3. The summed E-state index contributed by atoms with van der Waals surface area (Å²) in [6, 6.07) is 5.53. The van der Waals surface area contributed by atoms with Crippen LogP contribution in [0.3, 0.4) is 0 Å². The number of urea groups is 1. The van der Waals surface area contributed by atoms with Crippen molar-refractivity contribution in [3.63, 3.8) is 0 Å². The molecule has 1 unspecified atom stereocenters. The summed E-state index contributed by atoms with van der Waals surface area (Å²) < 4.78 is 12.5. The Hall–Kier alpha value is -2.70. The highest BCUT2D eigenvalue weighted by Crippen LogP contribution is 2.29. The summed E-state index contributed by atoms with van der Waals surface area (Å²) in [4.78, 5) is 12.3. The van der Waals surface area contributed by atoms with Gasteiger partial charge in [0.2, 0.25) is 0 Å². The number of amides is 2. The molecule has 2 amide bonds.